The molecule has 9 nitrogen and oxygen atoms in total. The third-order valence-corrected chi connectivity index (χ3v) is 6.77. The Hall–Kier alpha value is -2.26. The highest BCUT2D eigenvalue weighted by molar-refractivity contribution is 5.77. The van der Waals surface area contributed by atoms with Crippen LogP contribution in [-0.2, 0) is 4.79 Å². The highest BCUT2D eigenvalue weighted by Crippen LogP contribution is 2.35. The second kappa shape index (κ2) is 7.87. The van der Waals surface area contributed by atoms with Gasteiger partial charge in [-0.1, -0.05) is 0 Å². The number of likely N-dealkylation sites (tertiary alicyclic amines) is 1. The molecule has 29 heavy (non-hydrogen) atoms. The van der Waals surface area contributed by atoms with E-state index in [1.165, 1.54) is 12.8 Å². The molecule has 2 N–H and O–H groups in total. The average molecular weight is 399 g/mol. The molecule has 2 aromatic heterocycles. The summed E-state index contributed by atoms with van der Waals surface area (Å²) in [5, 5.41) is 7.96. The van der Waals surface area contributed by atoms with Crippen LogP contribution in [0.4, 0.5) is 5.82 Å². The predicted molar refractivity (Wildman–Crippen MR) is 109 cm³/mol. The molecule has 5 rings (SSSR count). The van der Waals surface area contributed by atoms with E-state index in [1.807, 2.05) is 15.4 Å². The van der Waals surface area contributed by atoms with Gasteiger partial charge in [-0.05, 0) is 37.7 Å². The van der Waals surface area contributed by atoms with Crippen molar-refractivity contribution < 1.29 is 4.79 Å². The summed E-state index contributed by atoms with van der Waals surface area (Å²) in [5.74, 6) is 2.76. The number of piperazine rings is 1. The number of fused-ring (bicyclic) bond motifs is 1. The van der Waals surface area contributed by atoms with E-state index in [4.69, 9.17) is 5.73 Å². The van der Waals surface area contributed by atoms with Crippen LogP contribution in [0, 0.1) is 5.92 Å². The largest absolute Gasteiger partial charge is 0.354 e. The molecule has 0 unspecified atom stereocenters. The Morgan fingerprint density at radius 3 is 2.66 bits per heavy atom. The maximum Gasteiger partial charge on any atom is 0.256 e. The first-order valence-electron chi connectivity index (χ1n) is 10.9. The molecule has 4 heterocycles. The Kier molecular flexibility index (Phi) is 5.09. The van der Waals surface area contributed by atoms with Crippen LogP contribution in [0.2, 0.25) is 0 Å². The summed E-state index contributed by atoms with van der Waals surface area (Å²) in [7, 11) is 0. The van der Waals surface area contributed by atoms with Gasteiger partial charge in [-0.3, -0.25) is 14.1 Å². The number of hydrogen-bond acceptors (Lipinski definition) is 7. The summed E-state index contributed by atoms with van der Waals surface area (Å²) in [5.41, 5.74) is 6.00. The van der Waals surface area contributed by atoms with E-state index in [9.17, 15) is 4.79 Å². The van der Waals surface area contributed by atoms with Crippen LogP contribution in [-0.4, -0.2) is 86.6 Å². The number of carbonyl (C=O) groups excluding carboxylic acids is 1. The molecule has 0 aromatic carbocycles. The molecule has 1 amide bonds. The Labute approximate surface area is 170 Å². The van der Waals surface area contributed by atoms with Crippen molar-refractivity contribution in [1.82, 2.24) is 29.4 Å². The molecular weight excluding hydrogens is 368 g/mol. The van der Waals surface area contributed by atoms with Gasteiger partial charge in [0.2, 0.25) is 5.91 Å². The van der Waals surface area contributed by atoms with Crippen LogP contribution in [0.1, 0.15) is 32.1 Å². The van der Waals surface area contributed by atoms with E-state index in [2.05, 4.69) is 25.0 Å². The van der Waals surface area contributed by atoms with Crippen LogP contribution >= 0.6 is 0 Å². The van der Waals surface area contributed by atoms with Gasteiger partial charge in [0.05, 0.1) is 0 Å². The third-order valence-electron chi connectivity index (χ3n) is 6.77. The Morgan fingerprint density at radius 2 is 1.90 bits per heavy atom. The lowest BCUT2D eigenvalue weighted by Gasteiger charge is -2.37. The molecule has 0 radical (unpaired) electrons. The van der Waals surface area contributed by atoms with Gasteiger partial charge < -0.3 is 15.5 Å². The average Bonchev–Trinajstić information content (AvgIpc) is 3.30. The van der Waals surface area contributed by atoms with E-state index >= 15 is 0 Å². The summed E-state index contributed by atoms with van der Waals surface area (Å²) in [6.45, 7) is 4.96. The third kappa shape index (κ3) is 3.81. The van der Waals surface area contributed by atoms with Crippen LogP contribution in [0.3, 0.4) is 0 Å². The zero-order valence-electron chi connectivity index (χ0n) is 16.9. The number of hydrogen-bond donors (Lipinski definition) is 1. The summed E-state index contributed by atoms with van der Waals surface area (Å²) >= 11 is 0. The number of nitrogens with zero attached hydrogens (tertiary/aromatic N) is 7. The fraction of sp³-hybridized carbons (Fsp3) is 0.700. The van der Waals surface area contributed by atoms with Crippen molar-refractivity contribution in [3.63, 3.8) is 0 Å². The predicted octanol–water partition coefficient (Wildman–Crippen LogP) is 0.365. The molecule has 1 saturated carbocycles. The van der Waals surface area contributed by atoms with Crippen molar-refractivity contribution in [2.45, 2.75) is 44.2 Å². The van der Waals surface area contributed by atoms with Gasteiger partial charge in [-0.15, -0.1) is 10.2 Å². The van der Waals surface area contributed by atoms with Gasteiger partial charge in [0, 0.05) is 64.0 Å². The molecule has 3 aliphatic rings. The van der Waals surface area contributed by atoms with Gasteiger partial charge in [0.1, 0.15) is 12.1 Å². The maximum absolute atomic E-state index is 13.0. The molecule has 156 valence electrons. The first kappa shape index (κ1) is 18.7. The monoisotopic (exact) mass is 398 g/mol. The number of carbonyl (C=O) groups is 1. The van der Waals surface area contributed by atoms with E-state index < -0.39 is 0 Å². The molecule has 3 fully saturated rings. The highest BCUT2D eigenvalue weighted by Gasteiger charge is 2.38. The minimum Gasteiger partial charge on any atom is -0.354 e. The molecule has 1 aliphatic carbocycles. The number of rotatable bonds is 6. The summed E-state index contributed by atoms with van der Waals surface area (Å²) < 4.78 is 1.90. The van der Waals surface area contributed by atoms with E-state index in [0.29, 0.717) is 30.8 Å². The minimum atomic E-state index is 0.289. The molecule has 9 heteroatoms. The zero-order valence-corrected chi connectivity index (χ0v) is 16.9. The van der Waals surface area contributed by atoms with Crippen LogP contribution < -0.4 is 10.6 Å². The fourth-order valence-electron chi connectivity index (χ4n) is 4.89. The van der Waals surface area contributed by atoms with Gasteiger partial charge in [0.15, 0.2) is 0 Å². The van der Waals surface area contributed by atoms with E-state index in [0.717, 1.165) is 57.3 Å². The Morgan fingerprint density at radius 1 is 1.10 bits per heavy atom. The number of anilines is 1. The lowest BCUT2D eigenvalue weighted by molar-refractivity contribution is -0.132. The molecule has 2 atom stereocenters. The van der Waals surface area contributed by atoms with Crippen molar-refractivity contribution in [1.29, 1.82) is 0 Å². The number of nitrogens with two attached hydrogens (primary N) is 1. The van der Waals surface area contributed by atoms with Gasteiger partial charge in [-0.2, -0.15) is 0 Å². The fourth-order valence-corrected chi connectivity index (χ4v) is 4.89. The van der Waals surface area contributed by atoms with E-state index in [1.54, 1.807) is 12.5 Å². The zero-order chi connectivity index (χ0) is 19.8. The smallest absolute Gasteiger partial charge is 0.256 e. The number of amides is 1. The Bertz CT molecular complexity index is 857. The van der Waals surface area contributed by atoms with Crippen molar-refractivity contribution in [3.05, 3.63) is 18.6 Å². The lowest BCUT2D eigenvalue weighted by atomic mass is 10.1. The van der Waals surface area contributed by atoms with Crippen molar-refractivity contribution in [2.24, 2.45) is 11.7 Å². The maximum atomic E-state index is 13.0. The van der Waals surface area contributed by atoms with Gasteiger partial charge in [-0.25, -0.2) is 4.98 Å². The van der Waals surface area contributed by atoms with Crippen molar-refractivity contribution in [2.75, 3.05) is 44.2 Å². The highest BCUT2D eigenvalue weighted by atomic mass is 16.2. The van der Waals surface area contributed by atoms with Crippen LogP contribution in [0.15, 0.2) is 18.6 Å². The second-order valence-electron chi connectivity index (χ2n) is 8.64. The lowest BCUT2D eigenvalue weighted by Crippen LogP contribution is -2.51. The standard InChI is InChI=1S/C20H30N8O/c21-12-17-4-3-16(27(17)13-15-1-2-15)11-19(29)26-9-7-25(8-10-26)18-5-6-22-20-24-23-14-28(18)20/h5-6,14-17H,1-4,7-13,21H2/t16-,17+/m0/s1. The molecule has 2 saturated heterocycles. The van der Waals surface area contributed by atoms with Crippen LogP contribution in [0.25, 0.3) is 5.78 Å². The summed E-state index contributed by atoms with van der Waals surface area (Å²) in [6, 6.07) is 2.81. The molecule has 0 spiro atoms. The quantitative estimate of drug-likeness (QED) is 0.751. The first-order chi connectivity index (χ1) is 14.2. The van der Waals surface area contributed by atoms with Crippen molar-refractivity contribution in [3.8, 4) is 0 Å². The van der Waals surface area contributed by atoms with Gasteiger partial charge >= 0.3 is 0 Å². The second-order valence-corrected chi connectivity index (χ2v) is 8.64. The topological polar surface area (TPSA) is 95.9 Å². The van der Waals surface area contributed by atoms with E-state index in [-0.39, 0.29) is 5.91 Å². The Balaban J connectivity index is 1.18. The van der Waals surface area contributed by atoms with Gasteiger partial charge in [0.25, 0.3) is 5.78 Å². The van der Waals surface area contributed by atoms with Crippen LogP contribution in [0.5, 0.6) is 0 Å². The minimum absolute atomic E-state index is 0.289. The molecule has 2 aromatic rings. The summed E-state index contributed by atoms with van der Waals surface area (Å²) in [6.07, 6.45) is 9.00. The molecule has 2 aliphatic heterocycles. The normalized spacial score (nSPS) is 25.8. The summed E-state index contributed by atoms with van der Waals surface area (Å²) in [4.78, 5) is 24.1. The SMILES string of the molecule is NC[C@H]1CC[C@@H](CC(=O)N2CCN(c3ccnc4nncn34)CC2)N1CC1CC1. The molecule has 0 bridgehead atoms. The molecular formula is C20H30N8O. The van der Waals surface area contributed by atoms with Crippen molar-refractivity contribution >= 4 is 17.5 Å². The number of aromatic nitrogens is 4. The first-order valence-corrected chi connectivity index (χ1v) is 10.9.